The SMILES string of the molecule is CCCCCCCCCCCCCCCCCCCCCCCCCCC/C=C/CC=C=O. The molecule has 1 nitrogen and oxygen atoms in total. The maximum absolute atomic E-state index is 10.0. The average molecular weight is 461 g/mol. The van der Waals surface area contributed by atoms with Crippen molar-refractivity contribution < 1.29 is 4.79 Å². The first-order valence-electron chi connectivity index (χ1n) is 15.3. The first-order chi connectivity index (χ1) is 16.4. The zero-order chi connectivity index (χ0) is 23.9. The van der Waals surface area contributed by atoms with E-state index < -0.39 is 0 Å². The largest absolute Gasteiger partial charge is 0.234 e. The van der Waals surface area contributed by atoms with E-state index in [4.69, 9.17) is 0 Å². The molecule has 0 aliphatic rings. The zero-order valence-corrected chi connectivity index (χ0v) is 22.7. The van der Waals surface area contributed by atoms with Crippen LogP contribution in [-0.2, 0) is 4.79 Å². The summed E-state index contributed by atoms with van der Waals surface area (Å²) in [6.45, 7) is 2.30. The molecule has 0 aliphatic heterocycles. The maximum Gasteiger partial charge on any atom is 0.120 e. The van der Waals surface area contributed by atoms with Gasteiger partial charge in [-0.05, 0) is 19.3 Å². The Morgan fingerprint density at radius 1 is 0.424 bits per heavy atom. The van der Waals surface area contributed by atoms with E-state index in [9.17, 15) is 4.79 Å². The first-order valence-corrected chi connectivity index (χ1v) is 15.3. The number of rotatable bonds is 28. The molecule has 0 aromatic heterocycles. The van der Waals surface area contributed by atoms with Crippen molar-refractivity contribution >= 4 is 5.94 Å². The third-order valence-corrected chi connectivity index (χ3v) is 6.98. The van der Waals surface area contributed by atoms with Crippen LogP contribution in [0.2, 0.25) is 0 Å². The second-order valence-electron chi connectivity index (χ2n) is 10.3. The quantitative estimate of drug-likeness (QED) is 0.0644. The van der Waals surface area contributed by atoms with Gasteiger partial charge in [-0.2, -0.15) is 0 Å². The normalized spacial score (nSPS) is 11.3. The zero-order valence-electron chi connectivity index (χ0n) is 22.7. The van der Waals surface area contributed by atoms with E-state index in [1.54, 1.807) is 0 Å². The van der Waals surface area contributed by atoms with E-state index in [0.29, 0.717) is 0 Å². The van der Waals surface area contributed by atoms with Gasteiger partial charge in [0.2, 0.25) is 0 Å². The molecule has 0 saturated carbocycles. The highest BCUT2D eigenvalue weighted by Crippen LogP contribution is 2.16. The number of unbranched alkanes of at least 4 members (excludes halogenated alkanes) is 25. The Labute approximate surface area is 209 Å². The summed E-state index contributed by atoms with van der Waals surface area (Å²) in [5, 5.41) is 0. The molecule has 0 heterocycles. The Bertz CT molecular complexity index is 418. The lowest BCUT2D eigenvalue weighted by Gasteiger charge is -2.04. The second kappa shape index (κ2) is 31.2. The van der Waals surface area contributed by atoms with Gasteiger partial charge in [0.25, 0.3) is 0 Å². The predicted octanol–water partition coefficient (Wildman–Crippen LogP) is 11.5. The molecule has 0 aliphatic carbocycles. The minimum absolute atomic E-state index is 0.739. The molecule has 0 amide bonds. The van der Waals surface area contributed by atoms with Crippen molar-refractivity contribution in [1.82, 2.24) is 0 Å². The van der Waals surface area contributed by atoms with Crippen molar-refractivity contribution in [1.29, 1.82) is 0 Å². The van der Waals surface area contributed by atoms with Crippen molar-refractivity contribution in [2.24, 2.45) is 0 Å². The van der Waals surface area contributed by atoms with E-state index in [1.165, 1.54) is 167 Å². The second-order valence-corrected chi connectivity index (χ2v) is 10.3. The van der Waals surface area contributed by atoms with Gasteiger partial charge in [-0.15, -0.1) is 0 Å². The van der Waals surface area contributed by atoms with Crippen LogP contribution < -0.4 is 0 Å². The topological polar surface area (TPSA) is 17.1 Å². The first kappa shape index (κ1) is 32.2. The molecule has 0 spiro atoms. The Balaban J connectivity index is 3.04. The number of allylic oxidation sites excluding steroid dienone is 3. The van der Waals surface area contributed by atoms with Gasteiger partial charge in [0.15, 0.2) is 0 Å². The fourth-order valence-corrected chi connectivity index (χ4v) is 4.73. The van der Waals surface area contributed by atoms with E-state index >= 15 is 0 Å². The lowest BCUT2D eigenvalue weighted by Crippen LogP contribution is -1.84. The van der Waals surface area contributed by atoms with E-state index in [0.717, 1.165) is 12.8 Å². The van der Waals surface area contributed by atoms with Crippen LogP contribution in [0.5, 0.6) is 0 Å². The van der Waals surface area contributed by atoms with Crippen LogP contribution >= 0.6 is 0 Å². The van der Waals surface area contributed by atoms with Crippen molar-refractivity contribution in [3.8, 4) is 0 Å². The van der Waals surface area contributed by atoms with Gasteiger partial charge in [0.05, 0.1) is 0 Å². The van der Waals surface area contributed by atoms with Gasteiger partial charge in [-0.1, -0.05) is 173 Å². The van der Waals surface area contributed by atoms with E-state index in [2.05, 4.69) is 19.1 Å². The van der Waals surface area contributed by atoms with Crippen LogP contribution in [-0.4, -0.2) is 5.94 Å². The summed E-state index contributed by atoms with van der Waals surface area (Å²) < 4.78 is 0. The smallest absolute Gasteiger partial charge is 0.120 e. The lowest BCUT2D eigenvalue weighted by atomic mass is 10.0. The summed E-state index contributed by atoms with van der Waals surface area (Å²) in [7, 11) is 0. The standard InChI is InChI=1S/C32H60O/c1-2-3-4-5-6-7-8-9-10-11-12-13-14-15-16-17-18-19-20-21-22-23-24-25-26-27-28-29-30-31-32-33/h28-29,31H,2-27,30H2,1H3/b29-28+. The molecular formula is C32H60O. The molecule has 0 rings (SSSR count). The monoisotopic (exact) mass is 460 g/mol. The number of carbonyl (C=O) groups excluding carboxylic acids is 1. The van der Waals surface area contributed by atoms with Crippen LogP contribution in [0.3, 0.4) is 0 Å². The third-order valence-electron chi connectivity index (χ3n) is 6.98. The Hall–Kier alpha value is -0.810. The molecule has 1 heteroatoms. The van der Waals surface area contributed by atoms with Gasteiger partial charge in [0, 0.05) is 6.08 Å². The molecule has 0 aromatic rings. The summed E-state index contributed by atoms with van der Waals surface area (Å²) >= 11 is 0. The Morgan fingerprint density at radius 3 is 1.03 bits per heavy atom. The molecule has 33 heavy (non-hydrogen) atoms. The molecule has 0 saturated heterocycles. The molecule has 0 atom stereocenters. The van der Waals surface area contributed by atoms with Crippen molar-refractivity contribution in [2.45, 2.75) is 180 Å². The van der Waals surface area contributed by atoms with Gasteiger partial charge >= 0.3 is 0 Å². The Morgan fingerprint density at radius 2 is 0.727 bits per heavy atom. The van der Waals surface area contributed by atoms with Gasteiger partial charge < -0.3 is 0 Å². The fraction of sp³-hybridized carbons (Fsp3) is 0.875. The molecule has 0 radical (unpaired) electrons. The summed E-state index contributed by atoms with van der Waals surface area (Å²) in [5.74, 6) is 1.81. The van der Waals surface area contributed by atoms with Crippen LogP contribution in [0.4, 0.5) is 0 Å². The van der Waals surface area contributed by atoms with Crippen LogP contribution in [0.15, 0.2) is 18.2 Å². The summed E-state index contributed by atoms with van der Waals surface area (Å²) in [6, 6.07) is 0. The highest BCUT2D eigenvalue weighted by molar-refractivity contribution is 5.45. The molecule has 0 N–H and O–H groups in total. The minimum atomic E-state index is 0.739. The van der Waals surface area contributed by atoms with E-state index in [1.807, 2.05) is 5.94 Å². The molecule has 194 valence electrons. The van der Waals surface area contributed by atoms with Crippen LogP contribution in [0.1, 0.15) is 180 Å². The molecule has 0 unspecified atom stereocenters. The van der Waals surface area contributed by atoms with Crippen molar-refractivity contribution in [3.63, 3.8) is 0 Å². The highest BCUT2D eigenvalue weighted by atomic mass is 16.1. The van der Waals surface area contributed by atoms with Crippen molar-refractivity contribution in [2.75, 3.05) is 0 Å². The summed E-state index contributed by atoms with van der Waals surface area (Å²) in [5.41, 5.74) is 0. The number of hydrogen-bond acceptors (Lipinski definition) is 1. The number of hydrogen-bond donors (Lipinski definition) is 0. The molecule has 0 bridgehead atoms. The molecule has 0 aromatic carbocycles. The van der Waals surface area contributed by atoms with Gasteiger partial charge in [-0.3, -0.25) is 0 Å². The van der Waals surface area contributed by atoms with Crippen LogP contribution in [0, 0.1) is 0 Å². The average Bonchev–Trinajstić information content (AvgIpc) is 2.83. The maximum atomic E-state index is 10.0. The summed E-state index contributed by atoms with van der Waals surface area (Å²) in [4.78, 5) is 10.0. The third kappa shape index (κ3) is 31.2. The lowest BCUT2D eigenvalue weighted by molar-refractivity contribution is 0.516. The van der Waals surface area contributed by atoms with Gasteiger partial charge in [0.1, 0.15) is 5.94 Å². The van der Waals surface area contributed by atoms with Gasteiger partial charge in [-0.25, -0.2) is 4.79 Å². The summed E-state index contributed by atoms with van der Waals surface area (Å²) in [6.07, 6.45) is 43.8. The molecular weight excluding hydrogens is 400 g/mol. The van der Waals surface area contributed by atoms with E-state index in [-0.39, 0.29) is 0 Å². The minimum Gasteiger partial charge on any atom is -0.234 e. The highest BCUT2D eigenvalue weighted by Gasteiger charge is 1.96. The van der Waals surface area contributed by atoms with Crippen LogP contribution in [0.25, 0.3) is 0 Å². The Kier molecular flexibility index (Phi) is 30.4. The van der Waals surface area contributed by atoms with Crippen molar-refractivity contribution in [3.05, 3.63) is 18.2 Å². The molecule has 0 fully saturated rings. The predicted molar refractivity (Wildman–Crippen MR) is 150 cm³/mol. The fourth-order valence-electron chi connectivity index (χ4n) is 4.73.